The van der Waals surface area contributed by atoms with Crippen LogP contribution in [0.1, 0.15) is 21.6 Å². The van der Waals surface area contributed by atoms with Crippen LogP contribution in [0.25, 0.3) is 22.3 Å². The van der Waals surface area contributed by atoms with Gasteiger partial charge in [0.25, 0.3) is 11.7 Å². The summed E-state index contributed by atoms with van der Waals surface area (Å²) in [5.41, 5.74) is 4.01. The first kappa shape index (κ1) is 19.9. The van der Waals surface area contributed by atoms with Gasteiger partial charge in [0.2, 0.25) is 0 Å². The summed E-state index contributed by atoms with van der Waals surface area (Å²) < 4.78 is 5.32. The first-order chi connectivity index (χ1) is 15.6. The van der Waals surface area contributed by atoms with Crippen molar-refractivity contribution in [2.24, 2.45) is 0 Å². The second-order valence-corrected chi connectivity index (χ2v) is 7.33. The van der Waals surface area contributed by atoms with E-state index in [1.807, 2.05) is 18.2 Å². The Kier molecular flexibility index (Phi) is 4.89. The maximum Gasteiger partial charge on any atom is 0.295 e. The van der Waals surface area contributed by atoms with Crippen LogP contribution >= 0.6 is 0 Å². The Balaban J connectivity index is 1.45. The van der Waals surface area contributed by atoms with E-state index in [-0.39, 0.29) is 17.7 Å². The SMILES string of the molecule is [B]c1ncc(OC)c2c(C(=O)C(=O)N3CCc4c(ncnc4-c4ccccn4)C3)c[nH]c12. The highest BCUT2D eigenvalue weighted by Gasteiger charge is 2.31. The summed E-state index contributed by atoms with van der Waals surface area (Å²) in [7, 11) is 7.37. The summed E-state index contributed by atoms with van der Waals surface area (Å²) in [6, 6.07) is 5.62. The van der Waals surface area contributed by atoms with Gasteiger partial charge >= 0.3 is 0 Å². The van der Waals surface area contributed by atoms with E-state index in [2.05, 4.69) is 24.9 Å². The lowest BCUT2D eigenvalue weighted by Gasteiger charge is -2.28. The molecule has 1 N–H and O–H groups in total. The Labute approximate surface area is 184 Å². The van der Waals surface area contributed by atoms with Crippen molar-refractivity contribution in [1.82, 2.24) is 29.8 Å². The molecule has 0 saturated heterocycles. The number of ketones is 1. The highest BCUT2D eigenvalue weighted by atomic mass is 16.5. The normalized spacial score (nSPS) is 13.1. The summed E-state index contributed by atoms with van der Waals surface area (Å²) in [5, 5.41) is 0.440. The zero-order valence-corrected chi connectivity index (χ0v) is 17.2. The molecule has 0 unspecified atom stereocenters. The van der Waals surface area contributed by atoms with E-state index in [1.165, 1.54) is 30.7 Å². The second kappa shape index (κ2) is 7.88. The highest BCUT2D eigenvalue weighted by Crippen LogP contribution is 2.29. The number of methoxy groups -OCH3 is 1. The molecule has 2 radical (unpaired) electrons. The van der Waals surface area contributed by atoms with Crippen molar-refractivity contribution in [3.63, 3.8) is 0 Å². The Bertz CT molecular complexity index is 1350. The van der Waals surface area contributed by atoms with Crippen molar-refractivity contribution in [1.29, 1.82) is 0 Å². The standard InChI is InChI=1S/C22H17BN6O3/c1-32-16-9-26-21(23)19-17(16)13(8-25-19)20(30)22(31)29-7-5-12-15(10-29)27-11-28-18(12)14-4-2-3-6-24-14/h2-4,6,8-9,11,25H,5,7,10H2,1H3. The number of hydrogen-bond donors (Lipinski definition) is 1. The first-order valence-electron chi connectivity index (χ1n) is 9.95. The van der Waals surface area contributed by atoms with E-state index in [4.69, 9.17) is 12.6 Å². The molecule has 1 aliphatic heterocycles. The predicted molar refractivity (Wildman–Crippen MR) is 117 cm³/mol. The summed E-state index contributed by atoms with van der Waals surface area (Å²) in [6.07, 6.45) is 6.58. The van der Waals surface area contributed by atoms with Gasteiger partial charge in [-0.05, 0) is 18.6 Å². The van der Waals surface area contributed by atoms with Gasteiger partial charge in [-0.1, -0.05) is 6.07 Å². The van der Waals surface area contributed by atoms with Crippen LogP contribution in [0.4, 0.5) is 0 Å². The molecule has 1 amide bonds. The fraction of sp³-hybridized carbons (Fsp3) is 0.182. The molecule has 1 aliphatic rings. The molecule has 10 heteroatoms. The molecule has 0 spiro atoms. The topological polar surface area (TPSA) is 114 Å². The van der Waals surface area contributed by atoms with Crippen molar-refractivity contribution in [3.8, 4) is 17.1 Å². The molecule has 9 nitrogen and oxygen atoms in total. The fourth-order valence-corrected chi connectivity index (χ4v) is 3.98. The van der Waals surface area contributed by atoms with Crippen LogP contribution in [0.3, 0.4) is 0 Å². The van der Waals surface area contributed by atoms with Gasteiger partial charge in [-0.15, -0.1) is 0 Å². The van der Waals surface area contributed by atoms with E-state index in [0.717, 1.165) is 17.0 Å². The van der Waals surface area contributed by atoms with Gasteiger partial charge in [-0.3, -0.25) is 19.6 Å². The van der Waals surface area contributed by atoms with Gasteiger partial charge in [0, 0.05) is 30.1 Å². The molecule has 0 fully saturated rings. The van der Waals surface area contributed by atoms with Gasteiger partial charge < -0.3 is 14.6 Å². The van der Waals surface area contributed by atoms with Crippen LogP contribution < -0.4 is 10.3 Å². The number of pyridine rings is 2. The number of carbonyl (C=O) groups is 2. The number of nitrogens with zero attached hydrogens (tertiary/aromatic N) is 5. The molecule has 156 valence electrons. The number of nitrogens with one attached hydrogen (secondary N) is 1. The summed E-state index contributed by atoms with van der Waals surface area (Å²) in [6.45, 7) is 0.583. The van der Waals surface area contributed by atoms with E-state index < -0.39 is 11.7 Å². The number of aromatic amines is 1. The average molecular weight is 424 g/mol. The third-order valence-electron chi connectivity index (χ3n) is 5.56. The molecule has 0 saturated carbocycles. The predicted octanol–water partition coefficient (Wildman–Crippen LogP) is 0.985. The van der Waals surface area contributed by atoms with Crippen molar-refractivity contribution in [2.75, 3.05) is 13.7 Å². The molecule has 0 atom stereocenters. The van der Waals surface area contributed by atoms with Crippen molar-refractivity contribution in [2.45, 2.75) is 13.0 Å². The minimum Gasteiger partial charge on any atom is -0.494 e. The Morgan fingerprint density at radius 1 is 1.19 bits per heavy atom. The molecular formula is C22H17BN6O3. The number of amides is 1. The van der Waals surface area contributed by atoms with E-state index in [1.54, 1.807) is 6.20 Å². The maximum absolute atomic E-state index is 13.1. The van der Waals surface area contributed by atoms with Crippen LogP contribution in [-0.2, 0) is 17.8 Å². The third-order valence-corrected chi connectivity index (χ3v) is 5.56. The van der Waals surface area contributed by atoms with Gasteiger partial charge in [0.1, 0.15) is 19.9 Å². The maximum atomic E-state index is 13.1. The van der Waals surface area contributed by atoms with Gasteiger partial charge in [0.15, 0.2) is 0 Å². The number of aromatic nitrogens is 5. The Morgan fingerprint density at radius 3 is 2.84 bits per heavy atom. The first-order valence-corrected chi connectivity index (χ1v) is 9.95. The van der Waals surface area contributed by atoms with Gasteiger partial charge in [0.05, 0.1) is 53.4 Å². The fourth-order valence-electron chi connectivity index (χ4n) is 3.98. The highest BCUT2D eigenvalue weighted by molar-refractivity contribution is 6.46. The lowest BCUT2D eigenvalue weighted by Crippen LogP contribution is -2.40. The van der Waals surface area contributed by atoms with Crippen LogP contribution in [0.5, 0.6) is 5.75 Å². The lowest BCUT2D eigenvalue weighted by molar-refractivity contribution is -0.127. The number of ether oxygens (including phenoxy) is 1. The number of rotatable bonds is 4. The largest absolute Gasteiger partial charge is 0.494 e. The minimum atomic E-state index is -0.650. The molecule has 4 aromatic rings. The molecule has 5 rings (SSSR count). The zero-order valence-electron chi connectivity index (χ0n) is 17.2. The molecule has 5 heterocycles. The van der Waals surface area contributed by atoms with Crippen LogP contribution in [-0.4, -0.2) is 63.0 Å². The summed E-state index contributed by atoms with van der Waals surface area (Å²) in [4.78, 5) is 47.8. The van der Waals surface area contributed by atoms with Crippen molar-refractivity contribution >= 4 is 36.0 Å². The van der Waals surface area contributed by atoms with E-state index in [9.17, 15) is 9.59 Å². The van der Waals surface area contributed by atoms with Gasteiger partial charge in [-0.25, -0.2) is 9.97 Å². The van der Waals surface area contributed by atoms with Crippen molar-refractivity contribution < 1.29 is 14.3 Å². The number of carbonyl (C=O) groups excluding carboxylic acids is 2. The summed E-state index contributed by atoms with van der Waals surface area (Å²) in [5.74, 6) is -0.905. The molecule has 0 aromatic carbocycles. The van der Waals surface area contributed by atoms with Crippen LogP contribution in [0.2, 0.25) is 0 Å². The van der Waals surface area contributed by atoms with E-state index in [0.29, 0.717) is 35.3 Å². The summed E-state index contributed by atoms with van der Waals surface area (Å²) >= 11 is 0. The minimum absolute atomic E-state index is 0.193. The van der Waals surface area contributed by atoms with Gasteiger partial charge in [-0.2, -0.15) is 0 Å². The molecule has 0 bridgehead atoms. The van der Waals surface area contributed by atoms with Crippen LogP contribution in [0, 0.1) is 0 Å². The zero-order chi connectivity index (χ0) is 22.2. The number of hydrogen-bond acceptors (Lipinski definition) is 7. The number of H-pyrrole nitrogens is 1. The molecular weight excluding hydrogens is 407 g/mol. The monoisotopic (exact) mass is 424 g/mol. The van der Waals surface area contributed by atoms with Crippen molar-refractivity contribution in [3.05, 3.63) is 59.9 Å². The smallest absolute Gasteiger partial charge is 0.295 e. The molecule has 32 heavy (non-hydrogen) atoms. The quantitative estimate of drug-likeness (QED) is 0.295. The lowest BCUT2D eigenvalue weighted by atomic mass is 9.98. The molecule has 4 aromatic heterocycles. The second-order valence-electron chi connectivity index (χ2n) is 7.33. The number of Topliss-reactive ketones (excluding diaryl/α,β-unsaturated/α-hetero) is 1. The molecule has 0 aliphatic carbocycles. The Morgan fingerprint density at radius 2 is 2.06 bits per heavy atom. The third kappa shape index (κ3) is 3.20. The van der Waals surface area contributed by atoms with Crippen LogP contribution in [0.15, 0.2) is 43.1 Å². The number of fused-ring (bicyclic) bond motifs is 2. The average Bonchev–Trinajstić information content (AvgIpc) is 3.29. The Hall–Kier alpha value is -4.08. The van der Waals surface area contributed by atoms with E-state index >= 15 is 0 Å².